The van der Waals surface area contributed by atoms with Crippen LogP contribution in [-0.2, 0) is 12.5 Å². The lowest BCUT2D eigenvalue weighted by Crippen LogP contribution is -2.39. The van der Waals surface area contributed by atoms with Crippen LogP contribution in [0.1, 0.15) is 55.7 Å². The summed E-state index contributed by atoms with van der Waals surface area (Å²) in [6.07, 6.45) is 13.5. The first-order valence-corrected chi connectivity index (χ1v) is 8.57. The van der Waals surface area contributed by atoms with Gasteiger partial charge in [0.1, 0.15) is 0 Å². The summed E-state index contributed by atoms with van der Waals surface area (Å²) >= 11 is 0. The predicted octanol–water partition coefficient (Wildman–Crippen LogP) is 5.05. The Kier molecular flexibility index (Phi) is 2.32. The Balaban J connectivity index is 1.89. The maximum atomic E-state index is 2.56. The lowest BCUT2D eigenvalue weighted by molar-refractivity contribution is 0.204. The number of aromatic nitrogens is 1. The molecule has 2 unspecified atom stereocenters. The molecule has 5 rings (SSSR count). The summed E-state index contributed by atoms with van der Waals surface area (Å²) < 4.78 is 2.50. The Labute approximate surface area is 126 Å². The van der Waals surface area contributed by atoms with E-state index in [0.29, 0.717) is 11.3 Å². The van der Waals surface area contributed by atoms with E-state index >= 15 is 0 Å². The molecule has 1 nitrogen and oxygen atoms in total. The zero-order valence-corrected chi connectivity index (χ0v) is 12.8. The Bertz CT molecular complexity index is 743. The van der Waals surface area contributed by atoms with E-state index < -0.39 is 0 Å². The number of benzene rings is 1. The first-order valence-electron chi connectivity index (χ1n) is 8.57. The highest BCUT2D eigenvalue weighted by atomic mass is 15.0. The van der Waals surface area contributed by atoms with Crippen LogP contribution >= 0.6 is 0 Å². The summed E-state index contributed by atoms with van der Waals surface area (Å²) in [5.41, 5.74) is 5.24. The molecular weight excluding hydrogens is 254 g/mol. The van der Waals surface area contributed by atoms with Crippen LogP contribution in [0, 0.1) is 5.92 Å². The fraction of sp³-hybridized carbons (Fsp3) is 0.500. The molecule has 2 bridgehead atoms. The normalized spacial score (nSPS) is 29.2. The Morgan fingerprint density at radius 3 is 2.71 bits per heavy atom. The van der Waals surface area contributed by atoms with Gasteiger partial charge in [-0.15, -0.1) is 0 Å². The first kappa shape index (κ1) is 12.1. The molecule has 2 atom stereocenters. The smallest absolute Gasteiger partial charge is 0.0483 e. The molecule has 0 radical (unpaired) electrons. The van der Waals surface area contributed by atoms with Gasteiger partial charge >= 0.3 is 0 Å². The second kappa shape index (κ2) is 4.03. The van der Waals surface area contributed by atoms with Gasteiger partial charge in [0, 0.05) is 35.0 Å². The van der Waals surface area contributed by atoms with Crippen LogP contribution < -0.4 is 0 Å². The average Bonchev–Trinajstić information content (AvgIpc) is 3.09. The van der Waals surface area contributed by atoms with Crippen LogP contribution in [0.15, 0.2) is 36.4 Å². The van der Waals surface area contributed by atoms with Crippen LogP contribution in [0.25, 0.3) is 10.9 Å². The van der Waals surface area contributed by atoms with Crippen molar-refractivity contribution in [1.29, 1.82) is 0 Å². The van der Waals surface area contributed by atoms with E-state index in [2.05, 4.69) is 48.0 Å². The van der Waals surface area contributed by atoms with Crippen molar-refractivity contribution in [3.8, 4) is 0 Å². The Morgan fingerprint density at radius 1 is 1.05 bits per heavy atom. The highest BCUT2D eigenvalue weighted by Crippen LogP contribution is 2.59. The van der Waals surface area contributed by atoms with Gasteiger partial charge in [0.2, 0.25) is 0 Å². The van der Waals surface area contributed by atoms with Crippen molar-refractivity contribution < 1.29 is 0 Å². The SMILES string of the molecule is Cn1c2c(c3ccccc31)C1(CCCCC1)C1C=CC2C1. The Morgan fingerprint density at radius 2 is 1.86 bits per heavy atom. The molecule has 1 fully saturated rings. The molecule has 1 saturated carbocycles. The van der Waals surface area contributed by atoms with Crippen LogP contribution in [0.2, 0.25) is 0 Å². The number of nitrogens with zero attached hydrogens (tertiary/aromatic N) is 1. The zero-order chi connectivity index (χ0) is 14.0. The second-order valence-electron chi connectivity index (χ2n) is 7.39. The van der Waals surface area contributed by atoms with Crippen molar-refractivity contribution in [3.05, 3.63) is 47.7 Å². The minimum Gasteiger partial charge on any atom is -0.347 e. The monoisotopic (exact) mass is 277 g/mol. The summed E-state index contributed by atoms with van der Waals surface area (Å²) in [7, 11) is 2.28. The van der Waals surface area contributed by atoms with Gasteiger partial charge in [-0.2, -0.15) is 0 Å². The number of allylic oxidation sites excluding steroid dienone is 2. The van der Waals surface area contributed by atoms with Crippen LogP contribution in [0.4, 0.5) is 0 Å². The summed E-state index contributed by atoms with van der Waals surface area (Å²) in [6, 6.07) is 9.09. The van der Waals surface area contributed by atoms with Crippen molar-refractivity contribution in [1.82, 2.24) is 4.57 Å². The average molecular weight is 277 g/mol. The molecule has 3 aliphatic carbocycles. The molecule has 1 aromatic carbocycles. The van der Waals surface area contributed by atoms with Gasteiger partial charge in [0.05, 0.1) is 0 Å². The standard InChI is InChI=1S/C20H23N/c1-21-17-8-4-3-7-16(17)18-19(21)14-9-10-15(13-14)20(18)11-5-2-6-12-20/h3-4,7-10,14-15H,2,5-6,11-13H2,1H3. The van der Waals surface area contributed by atoms with Gasteiger partial charge in [-0.3, -0.25) is 0 Å². The van der Waals surface area contributed by atoms with Gasteiger partial charge in [0.15, 0.2) is 0 Å². The van der Waals surface area contributed by atoms with E-state index in [0.717, 1.165) is 5.92 Å². The molecule has 1 heterocycles. The minimum atomic E-state index is 0.442. The number of hydrogen-bond donors (Lipinski definition) is 0. The second-order valence-corrected chi connectivity index (χ2v) is 7.39. The molecule has 108 valence electrons. The molecule has 3 aliphatic rings. The van der Waals surface area contributed by atoms with E-state index in [-0.39, 0.29) is 0 Å². The fourth-order valence-corrected chi connectivity index (χ4v) is 5.67. The van der Waals surface area contributed by atoms with Crippen molar-refractivity contribution in [2.24, 2.45) is 13.0 Å². The highest BCUT2D eigenvalue weighted by molar-refractivity contribution is 5.88. The third kappa shape index (κ3) is 1.38. The van der Waals surface area contributed by atoms with Gasteiger partial charge in [-0.05, 0) is 36.8 Å². The van der Waals surface area contributed by atoms with Crippen LogP contribution in [-0.4, -0.2) is 4.57 Å². The molecular formula is C20H23N. The Hall–Kier alpha value is -1.50. The van der Waals surface area contributed by atoms with E-state index in [9.17, 15) is 0 Å². The van der Waals surface area contributed by atoms with E-state index in [4.69, 9.17) is 0 Å². The van der Waals surface area contributed by atoms with Gasteiger partial charge in [-0.1, -0.05) is 49.6 Å². The topological polar surface area (TPSA) is 4.93 Å². The molecule has 0 aliphatic heterocycles. The van der Waals surface area contributed by atoms with Crippen molar-refractivity contribution in [2.75, 3.05) is 0 Å². The molecule has 0 N–H and O–H groups in total. The first-order chi connectivity index (χ1) is 10.3. The van der Waals surface area contributed by atoms with Gasteiger partial charge in [-0.25, -0.2) is 0 Å². The molecule has 0 saturated heterocycles. The lowest BCUT2D eigenvalue weighted by atomic mass is 9.58. The maximum absolute atomic E-state index is 2.56. The van der Waals surface area contributed by atoms with Gasteiger partial charge in [0.25, 0.3) is 0 Å². The van der Waals surface area contributed by atoms with E-state index in [1.165, 1.54) is 49.4 Å². The predicted molar refractivity (Wildman–Crippen MR) is 87.7 cm³/mol. The zero-order valence-electron chi connectivity index (χ0n) is 12.8. The molecule has 1 aromatic heterocycles. The van der Waals surface area contributed by atoms with Crippen LogP contribution in [0.5, 0.6) is 0 Å². The number of rotatable bonds is 0. The molecule has 1 heteroatoms. The van der Waals surface area contributed by atoms with E-state index in [1.807, 2.05) is 0 Å². The van der Waals surface area contributed by atoms with Crippen molar-refractivity contribution in [3.63, 3.8) is 0 Å². The summed E-state index contributed by atoms with van der Waals surface area (Å²) in [5, 5.41) is 1.54. The van der Waals surface area contributed by atoms with E-state index in [1.54, 1.807) is 11.3 Å². The number of aryl methyl sites for hydroxylation is 1. The fourth-order valence-electron chi connectivity index (χ4n) is 5.67. The van der Waals surface area contributed by atoms with Crippen molar-refractivity contribution >= 4 is 10.9 Å². The van der Waals surface area contributed by atoms with Crippen LogP contribution in [0.3, 0.4) is 0 Å². The summed E-state index contributed by atoms with van der Waals surface area (Å²) in [6.45, 7) is 0. The number of fused-ring (bicyclic) bond motifs is 8. The largest absolute Gasteiger partial charge is 0.347 e. The minimum absolute atomic E-state index is 0.442. The maximum Gasteiger partial charge on any atom is 0.0483 e. The molecule has 1 spiro atoms. The van der Waals surface area contributed by atoms with Gasteiger partial charge < -0.3 is 4.57 Å². The number of hydrogen-bond acceptors (Lipinski definition) is 0. The number of para-hydroxylation sites is 1. The summed E-state index contributed by atoms with van der Waals surface area (Å²) in [5.74, 6) is 1.45. The lowest BCUT2D eigenvalue weighted by Gasteiger charge is -2.46. The molecule has 0 amide bonds. The molecule has 21 heavy (non-hydrogen) atoms. The molecule has 2 aromatic rings. The summed E-state index contributed by atoms with van der Waals surface area (Å²) in [4.78, 5) is 0. The quantitative estimate of drug-likeness (QED) is 0.594. The van der Waals surface area contributed by atoms with Crippen molar-refractivity contribution in [2.45, 2.75) is 49.9 Å². The third-order valence-corrected chi connectivity index (χ3v) is 6.54. The highest BCUT2D eigenvalue weighted by Gasteiger charge is 2.50. The third-order valence-electron chi connectivity index (χ3n) is 6.54.